The molecule has 1 aromatic rings. The highest BCUT2D eigenvalue weighted by atomic mass is 16.2. The summed E-state index contributed by atoms with van der Waals surface area (Å²) in [6.07, 6.45) is 9.40. The highest BCUT2D eigenvalue weighted by Gasteiger charge is 2.58. The second-order valence-electron chi connectivity index (χ2n) is 8.15. The number of carbonyl (C=O) groups is 2. The van der Waals surface area contributed by atoms with Crippen molar-refractivity contribution >= 4 is 17.5 Å². The molecule has 130 valence electrons. The van der Waals surface area contributed by atoms with Crippen molar-refractivity contribution in [3.05, 3.63) is 41.5 Å². The number of hydrogen-bond donors (Lipinski definition) is 0. The number of nitrogens with zero attached hydrogens (tertiary/aromatic N) is 1. The van der Waals surface area contributed by atoms with Crippen molar-refractivity contribution in [2.75, 3.05) is 4.90 Å². The van der Waals surface area contributed by atoms with Gasteiger partial charge in [-0.1, -0.05) is 42.2 Å². The standard InChI is InChI=1S/C22H25NO2/c24-21-19-17-12-6-4-10-15(17)16-11-5-7-13-18(16)20(19)22(25)23(21)14-8-2-1-3-9-14/h1-3,8-9,17-20H,4-7,10-13H2/t17-,18-,19-,20-/m1/s1. The Hall–Kier alpha value is -1.90. The van der Waals surface area contributed by atoms with Gasteiger partial charge in [0.15, 0.2) is 0 Å². The maximum Gasteiger partial charge on any atom is 0.238 e. The van der Waals surface area contributed by atoms with Gasteiger partial charge in [-0.05, 0) is 62.5 Å². The molecule has 0 radical (unpaired) electrons. The molecule has 3 aliphatic carbocycles. The van der Waals surface area contributed by atoms with Crippen LogP contribution in [-0.2, 0) is 9.59 Å². The van der Waals surface area contributed by atoms with Crippen LogP contribution in [0.2, 0.25) is 0 Å². The van der Waals surface area contributed by atoms with E-state index in [1.165, 1.54) is 30.6 Å². The molecule has 2 saturated carbocycles. The van der Waals surface area contributed by atoms with Gasteiger partial charge in [0.2, 0.25) is 11.8 Å². The Kier molecular flexibility index (Phi) is 3.58. The number of imide groups is 1. The first kappa shape index (κ1) is 15.4. The van der Waals surface area contributed by atoms with Gasteiger partial charge >= 0.3 is 0 Å². The van der Waals surface area contributed by atoms with Crippen molar-refractivity contribution in [2.24, 2.45) is 23.7 Å². The van der Waals surface area contributed by atoms with Gasteiger partial charge < -0.3 is 0 Å². The molecule has 5 rings (SSSR count). The fourth-order valence-corrected chi connectivity index (χ4v) is 6.06. The van der Waals surface area contributed by atoms with Crippen LogP contribution in [0.15, 0.2) is 41.5 Å². The molecule has 3 fully saturated rings. The third kappa shape index (κ3) is 2.17. The van der Waals surface area contributed by atoms with Gasteiger partial charge in [0.25, 0.3) is 0 Å². The van der Waals surface area contributed by atoms with Crippen molar-refractivity contribution in [2.45, 2.75) is 51.4 Å². The van der Waals surface area contributed by atoms with E-state index in [0.29, 0.717) is 11.8 Å². The SMILES string of the molecule is O=C1[C@H]2[C@H](C(=O)N1c1ccccc1)[C@@H]1CCCCC1=C1CCCC[C@H]12. The number of para-hydroxylation sites is 1. The lowest BCUT2D eigenvalue weighted by Crippen LogP contribution is -2.41. The molecule has 1 aliphatic heterocycles. The number of amides is 2. The molecule has 4 aliphatic rings. The number of allylic oxidation sites excluding steroid dienone is 2. The highest BCUT2D eigenvalue weighted by Crippen LogP contribution is 2.56. The monoisotopic (exact) mass is 335 g/mol. The summed E-state index contributed by atoms with van der Waals surface area (Å²) in [5.41, 5.74) is 3.91. The van der Waals surface area contributed by atoms with Crippen LogP contribution < -0.4 is 4.90 Å². The van der Waals surface area contributed by atoms with E-state index >= 15 is 0 Å². The predicted molar refractivity (Wildman–Crippen MR) is 96.9 cm³/mol. The molecule has 0 aromatic heterocycles. The van der Waals surface area contributed by atoms with Crippen LogP contribution >= 0.6 is 0 Å². The summed E-state index contributed by atoms with van der Waals surface area (Å²) in [6, 6.07) is 9.54. The zero-order valence-corrected chi connectivity index (χ0v) is 14.6. The molecule has 3 nitrogen and oxygen atoms in total. The topological polar surface area (TPSA) is 37.4 Å². The van der Waals surface area contributed by atoms with Crippen LogP contribution in [0.4, 0.5) is 5.69 Å². The Bertz CT molecular complexity index is 707. The quantitative estimate of drug-likeness (QED) is 0.560. The average Bonchev–Trinajstić information content (AvgIpc) is 2.94. The third-order valence-electron chi connectivity index (χ3n) is 7.01. The van der Waals surface area contributed by atoms with Crippen molar-refractivity contribution in [1.29, 1.82) is 0 Å². The molecule has 2 amide bonds. The van der Waals surface area contributed by atoms with E-state index in [1.54, 1.807) is 11.1 Å². The summed E-state index contributed by atoms with van der Waals surface area (Å²) in [4.78, 5) is 28.2. The van der Waals surface area contributed by atoms with E-state index in [2.05, 4.69) is 0 Å². The molecule has 0 unspecified atom stereocenters. The number of hydrogen-bond acceptors (Lipinski definition) is 2. The highest BCUT2D eigenvalue weighted by molar-refractivity contribution is 6.22. The molecule has 4 atom stereocenters. The largest absolute Gasteiger partial charge is 0.274 e. The first-order valence-electron chi connectivity index (χ1n) is 9.92. The lowest BCUT2D eigenvalue weighted by molar-refractivity contribution is -0.123. The van der Waals surface area contributed by atoms with Gasteiger partial charge in [-0.2, -0.15) is 0 Å². The second kappa shape index (κ2) is 5.82. The fourth-order valence-electron chi connectivity index (χ4n) is 6.06. The van der Waals surface area contributed by atoms with E-state index in [0.717, 1.165) is 31.4 Å². The third-order valence-corrected chi connectivity index (χ3v) is 7.01. The predicted octanol–water partition coefficient (Wildman–Crippen LogP) is 4.48. The van der Waals surface area contributed by atoms with Gasteiger partial charge in [-0.15, -0.1) is 0 Å². The molecular formula is C22H25NO2. The van der Waals surface area contributed by atoms with Crippen LogP contribution in [0.1, 0.15) is 51.4 Å². The van der Waals surface area contributed by atoms with Crippen molar-refractivity contribution in [3.8, 4) is 0 Å². The van der Waals surface area contributed by atoms with Gasteiger partial charge in [0.1, 0.15) is 0 Å². The Morgan fingerprint density at radius 1 is 0.720 bits per heavy atom. The van der Waals surface area contributed by atoms with Crippen molar-refractivity contribution in [3.63, 3.8) is 0 Å². The normalized spacial score (nSPS) is 34.6. The molecular weight excluding hydrogens is 310 g/mol. The minimum atomic E-state index is -0.102. The zero-order chi connectivity index (χ0) is 17.0. The molecule has 0 N–H and O–H groups in total. The van der Waals surface area contributed by atoms with Gasteiger partial charge in [0.05, 0.1) is 17.5 Å². The minimum Gasteiger partial charge on any atom is -0.274 e. The van der Waals surface area contributed by atoms with E-state index in [9.17, 15) is 9.59 Å². The number of fused-ring (bicyclic) bond motifs is 5. The van der Waals surface area contributed by atoms with Gasteiger partial charge in [0, 0.05) is 0 Å². The smallest absolute Gasteiger partial charge is 0.238 e. The molecule has 1 saturated heterocycles. The Labute approximate surface area is 149 Å². The fraction of sp³-hybridized carbons (Fsp3) is 0.545. The maximum absolute atomic E-state index is 13.4. The first-order valence-corrected chi connectivity index (χ1v) is 9.92. The number of rotatable bonds is 1. The lowest BCUT2D eigenvalue weighted by atomic mass is 9.58. The van der Waals surface area contributed by atoms with Crippen LogP contribution in [0, 0.1) is 23.7 Å². The Morgan fingerprint density at radius 3 is 1.76 bits per heavy atom. The molecule has 0 spiro atoms. The summed E-state index contributed by atoms with van der Waals surface area (Å²) < 4.78 is 0. The van der Waals surface area contributed by atoms with Gasteiger partial charge in [-0.25, -0.2) is 0 Å². The molecule has 0 bridgehead atoms. The number of anilines is 1. The minimum absolute atomic E-state index is 0.0650. The van der Waals surface area contributed by atoms with Crippen LogP contribution in [0.5, 0.6) is 0 Å². The Balaban J connectivity index is 1.61. The summed E-state index contributed by atoms with van der Waals surface area (Å²) in [7, 11) is 0. The van der Waals surface area contributed by atoms with E-state index < -0.39 is 0 Å². The first-order chi connectivity index (χ1) is 12.3. The summed E-state index contributed by atoms with van der Waals surface area (Å²) in [5, 5.41) is 0. The number of carbonyl (C=O) groups excluding carboxylic acids is 2. The molecule has 1 heterocycles. The maximum atomic E-state index is 13.4. The van der Waals surface area contributed by atoms with E-state index in [-0.39, 0.29) is 23.7 Å². The van der Waals surface area contributed by atoms with E-state index in [4.69, 9.17) is 0 Å². The van der Waals surface area contributed by atoms with Crippen LogP contribution in [0.25, 0.3) is 0 Å². The van der Waals surface area contributed by atoms with Crippen molar-refractivity contribution < 1.29 is 9.59 Å². The Morgan fingerprint density at radius 2 is 1.24 bits per heavy atom. The zero-order valence-electron chi connectivity index (χ0n) is 14.6. The van der Waals surface area contributed by atoms with Crippen LogP contribution in [-0.4, -0.2) is 11.8 Å². The van der Waals surface area contributed by atoms with Gasteiger partial charge in [-0.3, -0.25) is 14.5 Å². The average molecular weight is 335 g/mol. The molecule has 1 aromatic carbocycles. The summed E-state index contributed by atoms with van der Waals surface area (Å²) >= 11 is 0. The molecule has 25 heavy (non-hydrogen) atoms. The molecule has 3 heteroatoms. The van der Waals surface area contributed by atoms with Crippen LogP contribution in [0.3, 0.4) is 0 Å². The second-order valence-corrected chi connectivity index (χ2v) is 8.15. The summed E-state index contributed by atoms with van der Waals surface area (Å²) in [5.74, 6) is 0.580. The van der Waals surface area contributed by atoms with Crippen molar-refractivity contribution in [1.82, 2.24) is 0 Å². The number of benzene rings is 1. The lowest BCUT2D eigenvalue weighted by Gasteiger charge is -2.44. The summed E-state index contributed by atoms with van der Waals surface area (Å²) in [6.45, 7) is 0. The van der Waals surface area contributed by atoms with E-state index in [1.807, 2.05) is 30.3 Å².